The fourth-order valence-corrected chi connectivity index (χ4v) is 4.20. The Bertz CT molecular complexity index is 1130. The lowest BCUT2D eigenvalue weighted by molar-refractivity contribution is -0.164. The van der Waals surface area contributed by atoms with E-state index in [9.17, 15) is 4.79 Å². The first-order valence-electron chi connectivity index (χ1n) is 10.7. The normalized spacial score (nSPS) is 18.9. The lowest BCUT2D eigenvalue weighted by atomic mass is 9.89. The third-order valence-corrected chi connectivity index (χ3v) is 6.04. The van der Waals surface area contributed by atoms with Gasteiger partial charge in [-0.15, -0.1) is 0 Å². The molecule has 1 saturated heterocycles. The average Bonchev–Trinajstić information content (AvgIpc) is 3.29. The number of ether oxygens (including phenoxy) is 4. The van der Waals surface area contributed by atoms with Gasteiger partial charge in [0, 0.05) is 6.54 Å². The minimum atomic E-state index is -0.577. The number of carbonyl (C=O) groups is 1. The van der Waals surface area contributed by atoms with Crippen molar-refractivity contribution in [2.75, 3.05) is 20.4 Å². The van der Waals surface area contributed by atoms with Crippen molar-refractivity contribution < 1.29 is 23.7 Å². The van der Waals surface area contributed by atoms with Crippen LogP contribution in [0.5, 0.6) is 23.0 Å². The molecule has 164 valence electrons. The fraction of sp³-hybridized carbons (Fsp3) is 0.269. The number of fused-ring (bicyclic) bond motifs is 1. The van der Waals surface area contributed by atoms with Crippen LogP contribution in [-0.2, 0) is 11.2 Å². The van der Waals surface area contributed by atoms with Gasteiger partial charge >= 0.3 is 0 Å². The smallest absolute Gasteiger partial charge is 0.266 e. The SMILES string of the molecule is COc1ccc(CCN2C(=O)[C@H](Oc3ccccc3C)[C@@H]2c2ccc3c(c2)OCO3)cc1. The van der Waals surface area contributed by atoms with Crippen LogP contribution in [0.1, 0.15) is 22.7 Å². The number of amides is 1. The molecular formula is C26H25NO5. The number of β-lactam (4-membered cyclic amide) rings is 1. The molecule has 5 rings (SSSR count). The number of nitrogens with zero attached hydrogens (tertiary/aromatic N) is 1. The molecule has 6 heteroatoms. The van der Waals surface area contributed by atoms with Crippen LogP contribution in [0, 0.1) is 6.92 Å². The highest BCUT2D eigenvalue weighted by atomic mass is 16.7. The zero-order valence-electron chi connectivity index (χ0n) is 18.1. The van der Waals surface area contributed by atoms with E-state index in [1.807, 2.05) is 78.6 Å². The number of hydrogen-bond acceptors (Lipinski definition) is 5. The summed E-state index contributed by atoms with van der Waals surface area (Å²) in [5.74, 6) is 2.96. The number of para-hydroxylation sites is 1. The van der Waals surface area contributed by atoms with Crippen molar-refractivity contribution in [1.82, 2.24) is 4.90 Å². The third-order valence-electron chi connectivity index (χ3n) is 6.04. The van der Waals surface area contributed by atoms with E-state index in [0.29, 0.717) is 12.3 Å². The summed E-state index contributed by atoms with van der Waals surface area (Å²) in [6.45, 7) is 2.79. The Balaban J connectivity index is 1.38. The molecule has 3 aromatic rings. The lowest BCUT2D eigenvalue weighted by Crippen LogP contribution is -2.61. The van der Waals surface area contributed by atoms with Crippen molar-refractivity contribution in [1.29, 1.82) is 0 Å². The molecular weight excluding hydrogens is 406 g/mol. The standard InChI is InChI=1S/C26H25NO5/c1-17-5-3-4-6-21(17)32-25-24(19-9-12-22-23(15-19)31-16-30-22)27(26(25)28)14-13-18-7-10-20(29-2)11-8-18/h3-12,15,24-25H,13-14,16H2,1-2H3/t24-,25+/m0/s1. The summed E-state index contributed by atoms with van der Waals surface area (Å²) < 4.78 is 22.5. The van der Waals surface area contributed by atoms with E-state index in [0.717, 1.165) is 40.4 Å². The Morgan fingerprint density at radius 1 is 1.00 bits per heavy atom. The van der Waals surface area contributed by atoms with Gasteiger partial charge < -0.3 is 23.8 Å². The number of carbonyl (C=O) groups excluding carboxylic acids is 1. The van der Waals surface area contributed by atoms with E-state index >= 15 is 0 Å². The largest absolute Gasteiger partial charge is 0.497 e. The van der Waals surface area contributed by atoms with Crippen LogP contribution >= 0.6 is 0 Å². The highest BCUT2D eigenvalue weighted by Crippen LogP contribution is 2.42. The van der Waals surface area contributed by atoms with E-state index in [2.05, 4.69) is 0 Å². The summed E-state index contributed by atoms with van der Waals surface area (Å²) >= 11 is 0. The van der Waals surface area contributed by atoms with Crippen molar-refractivity contribution >= 4 is 5.91 Å². The summed E-state index contributed by atoms with van der Waals surface area (Å²) in [4.78, 5) is 15.0. The van der Waals surface area contributed by atoms with Gasteiger partial charge in [0.05, 0.1) is 7.11 Å². The van der Waals surface area contributed by atoms with Gasteiger partial charge in [-0.2, -0.15) is 0 Å². The summed E-state index contributed by atoms with van der Waals surface area (Å²) in [5.41, 5.74) is 3.12. The van der Waals surface area contributed by atoms with Crippen molar-refractivity contribution in [3.63, 3.8) is 0 Å². The summed E-state index contributed by atoms with van der Waals surface area (Å²) in [6, 6.07) is 21.3. The molecule has 2 aliphatic heterocycles. The van der Waals surface area contributed by atoms with Gasteiger partial charge in [0.15, 0.2) is 11.5 Å². The van der Waals surface area contributed by atoms with E-state index in [4.69, 9.17) is 18.9 Å². The van der Waals surface area contributed by atoms with Crippen LogP contribution < -0.4 is 18.9 Å². The first-order valence-corrected chi connectivity index (χ1v) is 10.7. The number of rotatable bonds is 7. The highest BCUT2D eigenvalue weighted by Gasteiger charge is 2.50. The highest BCUT2D eigenvalue weighted by molar-refractivity contribution is 5.89. The average molecular weight is 431 g/mol. The molecule has 1 amide bonds. The molecule has 0 spiro atoms. The molecule has 2 atom stereocenters. The molecule has 2 aliphatic rings. The number of likely N-dealkylation sites (tertiary alicyclic amines) is 1. The third kappa shape index (κ3) is 3.73. The zero-order valence-corrected chi connectivity index (χ0v) is 18.1. The molecule has 32 heavy (non-hydrogen) atoms. The number of hydrogen-bond donors (Lipinski definition) is 0. The Labute approximate surface area is 187 Å². The number of aryl methyl sites for hydroxylation is 1. The molecule has 0 bridgehead atoms. The molecule has 0 unspecified atom stereocenters. The first kappa shape index (κ1) is 20.2. The maximum atomic E-state index is 13.1. The quantitative estimate of drug-likeness (QED) is 0.522. The maximum Gasteiger partial charge on any atom is 0.266 e. The van der Waals surface area contributed by atoms with Crippen molar-refractivity contribution in [3.8, 4) is 23.0 Å². The zero-order chi connectivity index (χ0) is 22.1. The topological polar surface area (TPSA) is 57.2 Å². The van der Waals surface area contributed by atoms with Crippen molar-refractivity contribution in [2.24, 2.45) is 0 Å². The van der Waals surface area contributed by atoms with Crippen LogP contribution in [0.2, 0.25) is 0 Å². The maximum absolute atomic E-state index is 13.1. The lowest BCUT2D eigenvalue weighted by Gasteiger charge is -2.47. The summed E-state index contributed by atoms with van der Waals surface area (Å²) in [7, 11) is 1.65. The van der Waals surface area contributed by atoms with E-state index in [1.54, 1.807) is 7.11 Å². The monoisotopic (exact) mass is 431 g/mol. The summed E-state index contributed by atoms with van der Waals surface area (Å²) in [6.07, 6.45) is 0.167. The predicted molar refractivity (Wildman–Crippen MR) is 119 cm³/mol. The number of methoxy groups -OCH3 is 1. The van der Waals surface area contributed by atoms with Crippen molar-refractivity contribution in [3.05, 3.63) is 83.4 Å². The Hall–Kier alpha value is -3.67. The van der Waals surface area contributed by atoms with E-state index in [-0.39, 0.29) is 18.7 Å². The molecule has 0 radical (unpaired) electrons. The molecule has 0 saturated carbocycles. The second-order valence-electron chi connectivity index (χ2n) is 7.99. The second-order valence-corrected chi connectivity index (χ2v) is 7.99. The predicted octanol–water partition coefficient (Wildman–Crippen LogP) is 4.31. The van der Waals surface area contributed by atoms with Gasteiger partial charge in [0.25, 0.3) is 5.91 Å². The summed E-state index contributed by atoms with van der Waals surface area (Å²) in [5, 5.41) is 0. The van der Waals surface area contributed by atoms with Gasteiger partial charge in [0.2, 0.25) is 12.9 Å². The second kappa shape index (κ2) is 8.46. The molecule has 0 aromatic heterocycles. The van der Waals surface area contributed by atoms with Crippen LogP contribution in [0.3, 0.4) is 0 Å². The van der Waals surface area contributed by atoms with Crippen molar-refractivity contribution in [2.45, 2.75) is 25.5 Å². The van der Waals surface area contributed by atoms with Crippen LogP contribution in [0.15, 0.2) is 66.7 Å². The van der Waals surface area contributed by atoms with Crippen LogP contribution in [0.25, 0.3) is 0 Å². The van der Waals surface area contributed by atoms with Gasteiger partial charge in [-0.25, -0.2) is 0 Å². The molecule has 1 fully saturated rings. The Morgan fingerprint density at radius 3 is 2.56 bits per heavy atom. The fourth-order valence-electron chi connectivity index (χ4n) is 4.20. The van der Waals surface area contributed by atoms with Gasteiger partial charge in [-0.1, -0.05) is 36.4 Å². The Morgan fingerprint density at radius 2 is 1.78 bits per heavy atom. The molecule has 6 nitrogen and oxygen atoms in total. The molecule has 2 heterocycles. The molecule has 0 aliphatic carbocycles. The minimum absolute atomic E-state index is 0.00979. The van der Waals surface area contributed by atoms with Crippen LogP contribution in [0.4, 0.5) is 0 Å². The van der Waals surface area contributed by atoms with Gasteiger partial charge in [0.1, 0.15) is 17.5 Å². The molecule has 0 N–H and O–H groups in total. The minimum Gasteiger partial charge on any atom is -0.497 e. The van der Waals surface area contributed by atoms with E-state index in [1.165, 1.54) is 0 Å². The van der Waals surface area contributed by atoms with Gasteiger partial charge in [-0.3, -0.25) is 4.79 Å². The number of benzene rings is 3. The first-order chi connectivity index (χ1) is 15.6. The molecule has 3 aromatic carbocycles. The van der Waals surface area contributed by atoms with Gasteiger partial charge in [-0.05, 0) is 60.4 Å². The Kier molecular flexibility index (Phi) is 5.35. The van der Waals surface area contributed by atoms with E-state index < -0.39 is 6.10 Å². The van der Waals surface area contributed by atoms with Crippen LogP contribution in [-0.4, -0.2) is 37.4 Å².